The van der Waals surface area contributed by atoms with Gasteiger partial charge in [0.2, 0.25) is 11.3 Å². The normalized spacial score (nSPS) is 10.6. The van der Waals surface area contributed by atoms with Gasteiger partial charge < -0.3 is 15.6 Å². The Morgan fingerprint density at radius 2 is 1.74 bits per heavy atom. The van der Waals surface area contributed by atoms with Gasteiger partial charge in [-0.15, -0.1) is 0 Å². The summed E-state index contributed by atoms with van der Waals surface area (Å²) in [5.74, 6) is -6.37. The molecule has 0 unspecified atom stereocenters. The fourth-order valence-electron chi connectivity index (χ4n) is 2.41. The lowest BCUT2D eigenvalue weighted by Crippen LogP contribution is -2.35. The number of carbonyl (C=O) groups is 2. The number of nitrogens with one attached hydrogen (secondary N) is 3. The molecule has 9 heteroatoms. The first-order valence-electron chi connectivity index (χ1n) is 7.70. The monoisotopic (exact) mass is 375 g/mol. The number of anilines is 1. The minimum Gasteiger partial charge on any atom is -0.360 e. The van der Waals surface area contributed by atoms with Crippen LogP contribution >= 0.6 is 0 Å². The Morgan fingerprint density at radius 3 is 2.52 bits per heavy atom. The molecule has 6 nitrogen and oxygen atoms in total. The van der Waals surface area contributed by atoms with Gasteiger partial charge in [-0.1, -0.05) is 12.1 Å². The van der Waals surface area contributed by atoms with E-state index < -0.39 is 46.9 Å². The highest BCUT2D eigenvalue weighted by Gasteiger charge is 2.17. The number of aromatic nitrogens is 1. The number of amides is 2. The quantitative estimate of drug-likeness (QED) is 0.611. The van der Waals surface area contributed by atoms with Gasteiger partial charge in [-0.2, -0.15) is 0 Å². The molecule has 0 aliphatic carbocycles. The third-order valence-corrected chi connectivity index (χ3v) is 3.75. The first-order chi connectivity index (χ1) is 12.9. The van der Waals surface area contributed by atoms with Crippen LogP contribution in [-0.2, 0) is 4.79 Å². The van der Waals surface area contributed by atoms with Crippen LogP contribution in [0.3, 0.4) is 0 Å². The molecule has 138 valence electrons. The second-order valence-corrected chi connectivity index (χ2v) is 5.53. The second-order valence-electron chi connectivity index (χ2n) is 5.53. The van der Waals surface area contributed by atoms with Crippen LogP contribution in [0.2, 0.25) is 0 Å². The summed E-state index contributed by atoms with van der Waals surface area (Å²) >= 11 is 0. The molecule has 0 atom stereocenters. The predicted octanol–water partition coefficient (Wildman–Crippen LogP) is 2.31. The van der Waals surface area contributed by atoms with E-state index in [1.54, 1.807) is 24.3 Å². The first-order valence-corrected chi connectivity index (χ1v) is 7.70. The maximum absolute atomic E-state index is 13.5. The van der Waals surface area contributed by atoms with Gasteiger partial charge >= 0.3 is 0 Å². The topological polar surface area (TPSA) is 91.1 Å². The van der Waals surface area contributed by atoms with Gasteiger partial charge in [-0.3, -0.25) is 14.4 Å². The van der Waals surface area contributed by atoms with Crippen molar-refractivity contribution in [1.29, 1.82) is 0 Å². The SMILES string of the molecule is O=C(CNC(=O)c1c[nH]c2ccccc2c1=O)Nc1ccc(F)c(F)c1F. The van der Waals surface area contributed by atoms with Crippen molar-refractivity contribution in [3.05, 3.63) is 75.8 Å². The van der Waals surface area contributed by atoms with Crippen LogP contribution in [0.1, 0.15) is 10.4 Å². The summed E-state index contributed by atoms with van der Waals surface area (Å²) in [5, 5.41) is 4.52. The van der Waals surface area contributed by atoms with E-state index in [0.29, 0.717) is 17.0 Å². The number of benzene rings is 2. The molecule has 0 fully saturated rings. The number of rotatable bonds is 4. The molecule has 3 aromatic rings. The molecule has 0 saturated heterocycles. The molecule has 2 aromatic carbocycles. The number of pyridine rings is 1. The smallest absolute Gasteiger partial charge is 0.257 e. The van der Waals surface area contributed by atoms with Crippen LogP contribution in [0.5, 0.6) is 0 Å². The lowest BCUT2D eigenvalue weighted by atomic mass is 10.1. The molecule has 0 spiro atoms. The van der Waals surface area contributed by atoms with Crippen molar-refractivity contribution in [2.45, 2.75) is 0 Å². The Labute approximate surface area is 150 Å². The summed E-state index contributed by atoms with van der Waals surface area (Å²) in [5.41, 5.74) is -0.753. The molecule has 27 heavy (non-hydrogen) atoms. The van der Waals surface area contributed by atoms with Crippen LogP contribution in [0.4, 0.5) is 18.9 Å². The van der Waals surface area contributed by atoms with Gasteiger partial charge in [0.15, 0.2) is 17.5 Å². The third kappa shape index (κ3) is 3.66. The van der Waals surface area contributed by atoms with Crippen molar-refractivity contribution in [2.24, 2.45) is 0 Å². The van der Waals surface area contributed by atoms with Crippen LogP contribution in [0.15, 0.2) is 47.4 Å². The minimum absolute atomic E-state index is 0.208. The first kappa shape index (κ1) is 18.2. The molecule has 3 rings (SSSR count). The number of H-pyrrole nitrogens is 1. The van der Waals surface area contributed by atoms with E-state index >= 15 is 0 Å². The van der Waals surface area contributed by atoms with E-state index in [9.17, 15) is 27.6 Å². The van der Waals surface area contributed by atoms with Crippen molar-refractivity contribution in [3.8, 4) is 0 Å². The minimum atomic E-state index is -1.72. The fourth-order valence-corrected chi connectivity index (χ4v) is 2.41. The Morgan fingerprint density at radius 1 is 1.00 bits per heavy atom. The van der Waals surface area contributed by atoms with Crippen molar-refractivity contribution in [3.63, 3.8) is 0 Å². The van der Waals surface area contributed by atoms with Gasteiger partial charge in [-0.05, 0) is 24.3 Å². The molecule has 0 aliphatic rings. The lowest BCUT2D eigenvalue weighted by molar-refractivity contribution is -0.115. The maximum atomic E-state index is 13.5. The molecule has 0 radical (unpaired) electrons. The van der Waals surface area contributed by atoms with E-state index in [4.69, 9.17) is 0 Å². The summed E-state index contributed by atoms with van der Waals surface area (Å²) in [4.78, 5) is 39.0. The van der Waals surface area contributed by atoms with Crippen LogP contribution in [0.25, 0.3) is 10.9 Å². The average molecular weight is 375 g/mol. The Hall–Kier alpha value is -3.62. The second kappa shape index (κ2) is 7.32. The molecular weight excluding hydrogens is 363 g/mol. The maximum Gasteiger partial charge on any atom is 0.257 e. The van der Waals surface area contributed by atoms with Gasteiger partial charge in [-0.25, -0.2) is 13.2 Å². The number of para-hydroxylation sites is 1. The zero-order valence-corrected chi connectivity index (χ0v) is 13.6. The fraction of sp³-hybridized carbons (Fsp3) is 0.0556. The highest BCUT2D eigenvalue weighted by molar-refractivity contribution is 6.00. The summed E-state index contributed by atoms with van der Waals surface area (Å²) in [7, 11) is 0. The van der Waals surface area contributed by atoms with Crippen molar-refractivity contribution >= 4 is 28.4 Å². The zero-order valence-electron chi connectivity index (χ0n) is 13.6. The number of carbonyl (C=O) groups excluding carboxylic acids is 2. The van der Waals surface area contributed by atoms with Gasteiger partial charge in [0.25, 0.3) is 5.91 Å². The Kier molecular flexibility index (Phi) is 4.93. The van der Waals surface area contributed by atoms with Crippen molar-refractivity contribution < 1.29 is 22.8 Å². The average Bonchev–Trinajstić information content (AvgIpc) is 2.67. The highest BCUT2D eigenvalue weighted by Crippen LogP contribution is 2.19. The van der Waals surface area contributed by atoms with Crippen LogP contribution in [0, 0.1) is 17.5 Å². The van der Waals surface area contributed by atoms with Gasteiger partial charge in [0.1, 0.15) is 5.56 Å². The summed E-state index contributed by atoms with van der Waals surface area (Å²) in [6, 6.07) is 8.08. The molecular formula is C18H12F3N3O3. The van der Waals surface area contributed by atoms with E-state index in [1.807, 2.05) is 5.32 Å². The van der Waals surface area contributed by atoms with E-state index in [0.717, 1.165) is 6.07 Å². The largest absolute Gasteiger partial charge is 0.360 e. The number of fused-ring (bicyclic) bond motifs is 1. The summed E-state index contributed by atoms with van der Waals surface area (Å²) < 4.78 is 39.5. The number of halogens is 3. The highest BCUT2D eigenvalue weighted by atomic mass is 19.2. The number of hydrogen-bond donors (Lipinski definition) is 3. The molecule has 0 saturated carbocycles. The number of hydrogen-bond acceptors (Lipinski definition) is 3. The van der Waals surface area contributed by atoms with Crippen molar-refractivity contribution in [2.75, 3.05) is 11.9 Å². The predicted molar refractivity (Wildman–Crippen MR) is 91.8 cm³/mol. The summed E-state index contributed by atoms with van der Waals surface area (Å²) in [6.07, 6.45) is 1.22. The Balaban J connectivity index is 1.69. The molecule has 1 aromatic heterocycles. The Bertz CT molecular complexity index is 1110. The number of aromatic amines is 1. The molecule has 0 aliphatic heterocycles. The standard InChI is InChI=1S/C18H12F3N3O3/c19-11-5-6-13(16(21)15(11)20)24-14(25)8-23-18(27)10-7-22-12-4-2-1-3-9(12)17(10)26/h1-7H,8H2,(H,22,26)(H,23,27)(H,24,25). The summed E-state index contributed by atoms with van der Waals surface area (Å²) in [6.45, 7) is -0.608. The molecule has 0 bridgehead atoms. The molecule has 1 heterocycles. The van der Waals surface area contributed by atoms with E-state index in [-0.39, 0.29) is 5.56 Å². The van der Waals surface area contributed by atoms with Gasteiger partial charge in [0.05, 0.1) is 12.2 Å². The molecule has 3 N–H and O–H groups in total. The third-order valence-electron chi connectivity index (χ3n) is 3.75. The van der Waals surface area contributed by atoms with Crippen LogP contribution < -0.4 is 16.1 Å². The van der Waals surface area contributed by atoms with E-state index in [1.165, 1.54) is 6.20 Å². The van der Waals surface area contributed by atoms with Crippen molar-refractivity contribution in [1.82, 2.24) is 10.3 Å². The lowest BCUT2D eigenvalue weighted by Gasteiger charge is -2.08. The zero-order chi connectivity index (χ0) is 19.6. The van der Waals surface area contributed by atoms with Crippen LogP contribution in [-0.4, -0.2) is 23.3 Å². The van der Waals surface area contributed by atoms with E-state index in [2.05, 4.69) is 10.3 Å². The molecule has 2 amide bonds. The van der Waals surface area contributed by atoms with Gasteiger partial charge in [0, 0.05) is 17.1 Å².